The van der Waals surface area contributed by atoms with Crippen molar-refractivity contribution in [2.75, 3.05) is 6.54 Å². The molecule has 0 bridgehead atoms. The molecule has 0 atom stereocenters. The second-order valence-electron chi connectivity index (χ2n) is 9.78. The van der Waals surface area contributed by atoms with Crippen LogP contribution in [0.15, 0.2) is 60.7 Å². The summed E-state index contributed by atoms with van der Waals surface area (Å²) in [5.41, 5.74) is 6.49. The van der Waals surface area contributed by atoms with E-state index in [1.807, 2.05) is 12.1 Å². The van der Waals surface area contributed by atoms with E-state index in [0.29, 0.717) is 23.6 Å². The van der Waals surface area contributed by atoms with Crippen molar-refractivity contribution in [2.45, 2.75) is 71.2 Å². The molecule has 1 aliphatic rings. The average Bonchev–Trinajstić information content (AvgIpc) is 2.89. The minimum absolute atomic E-state index is 0.00861. The number of rotatable bonds is 10. The van der Waals surface area contributed by atoms with Gasteiger partial charge in [-0.3, -0.25) is 4.79 Å². The molecule has 192 valence electrons. The fourth-order valence-corrected chi connectivity index (χ4v) is 5.04. The van der Waals surface area contributed by atoms with E-state index < -0.39 is 0 Å². The third kappa shape index (κ3) is 7.86. The summed E-state index contributed by atoms with van der Waals surface area (Å²) in [4.78, 5) is 11.4. The number of carbonyl (C=O) groups is 1. The molecule has 0 aliphatic heterocycles. The predicted octanol–water partition coefficient (Wildman–Crippen LogP) is 5.95. The van der Waals surface area contributed by atoms with E-state index in [1.54, 1.807) is 13.0 Å². The summed E-state index contributed by atoms with van der Waals surface area (Å²) in [5.74, 6) is 0.879. The third-order valence-corrected chi connectivity index (χ3v) is 7.24. The van der Waals surface area contributed by atoms with E-state index in [4.69, 9.17) is 28.9 Å². The lowest BCUT2D eigenvalue weighted by molar-refractivity contribution is -0.118. The van der Waals surface area contributed by atoms with Crippen molar-refractivity contribution in [1.29, 1.82) is 0 Å². The zero-order chi connectivity index (χ0) is 26.2. The van der Waals surface area contributed by atoms with Crippen LogP contribution in [0, 0.1) is 0 Å². The van der Waals surface area contributed by atoms with E-state index in [9.17, 15) is 4.79 Å². The number of nitrogens with one attached hydrogen (secondary N) is 1. The molecule has 0 aromatic heterocycles. The van der Waals surface area contributed by atoms with Gasteiger partial charge < -0.3 is 14.8 Å². The van der Waals surface area contributed by atoms with Gasteiger partial charge in [-0.1, -0.05) is 66.5 Å². The number of amides is 1. The molecule has 0 spiro atoms. The zero-order valence-corrected chi connectivity index (χ0v) is 22.5. The fourth-order valence-electron chi connectivity index (χ4n) is 4.86. The van der Waals surface area contributed by atoms with Gasteiger partial charge in [0.15, 0.2) is 0 Å². The molecule has 3 aromatic rings. The van der Waals surface area contributed by atoms with Crippen LogP contribution in [0.25, 0.3) is 11.1 Å². The minimum Gasteiger partial charge on any atom is -0.490 e. The molecule has 1 amide bonds. The Morgan fingerprint density at radius 1 is 1.00 bits per heavy atom. The zero-order valence-electron chi connectivity index (χ0n) is 21.8. The highest BCUT2D eigenvalue weighted by atomic mass is 35.5. The highest BCUT2D eigenvalue weighted by molar-refractivity contribution is 6.36. The maximum Gasteiger partial charge on any atom is 0.216 e. The van der Waals surface area contributed by atoms with Gasteiger partial charge in [-0.15, -0.1) is 0 Å². The lowest BCUT2D eigenvalue weighted by atomic mass is 9.91. The summed E-state index contributed by atoms with van der Waals surface area (Å²) in [7, 11) is 6.06. The lowest BCUT2D eigenvalue weighted by Crippen LogP contribution is -2.28. The fraction of sp³-hybridized carbons (Fsp3) is 0.387. The first-order valence-corrected chi connectivity index (χ1v) is 13.6. The second-order valence-corrected chi connectivity index (χ2v) is 10.2. The standard InChI is InChI=1S/C31H35BClNO3/c1-3-22-5-4-6-24(17-22)30-19-29(10-8-23(30)15-16-34-21(2)35)37-28-13-11-27(12-14-28)36-20-25-7-9-26(33)18-31(25)32/h4-10,17-19,27-28H,3,11-16,20H2,1-2H3,(H,34,35). The number of ether oxygens (including phenoxy) is 2. The van der Waals surface area contributed by atoms with Crippen LogP contribution in [0.3, 0.4) is 0 Å². The summed E-state index contributed by atoms with van der Waals surface area (Å²) in [5, 5.41) is 3.55. The highest BCUT2D eigenvalue weighted by Gasteiger charge is 2.23. The van der Waals surface area contributed by atoms with Gasteiger partial charge in [0.25, 0.3) is 0 Å². The van der Waals surface area contributed by atoms with E-state index in [-0.39, 0.29) is 18.1 Å². The van der Waals surface area contributed by atoms with Gasteiger partial charge in [-0.25, -0.2) is 0 Å². The SMILES string of the molecule is [B]c1cc(Cl)ccc1COC1CCC(Oc2ccc(CCNC(C)=O)c(-c3cccc(CC)c3)c2)CC1. The highest BCUT2D eigenvalue weighted by Crippen LogP contribution is 2.32. The minimum atomic E-state index is -0.00861. The molecule has 4 rings (SSSR count). The first kappa shape index (κ1) is 27.3. The Bertz CT molecular complexity index is 1210. The molecule has 0 heterocycles. The van der Waals surface area contributed by atoms with Crippen LogP contribution in [-0.2, 0) is 29.0 Å². The van der Waals surface area contributed by atoms with Gasteiger partial charge in [0.2, 0.25) is 5.91 Å². The molecular formula is C31H35BClNO3. The molecule has 3 aromatic carbocycles. The summed E-state index contributed by atoms with van der Waals surface area (Å²) >= 11 is 6.00. The van der Waals surface area contributed by atoms with Crippen molar-refractivity contribution in [3.8, 4) is 16.9 Å². The monoisotopic (exact) mass is 515 g/mol. The van der Waals surface area contributed by atoms with Crippen LogP contribution in [0.1, 0.15) is 56.2 Å². The molecule has 4 nitrogen and oxygen atoms in total. The Balaban J connectivity index is 1.38. The van der Waals surface area contributed by atoms with Crippen LogP contribution in [-0.4, -0.2) is 32.5 Å². The molecule has 6 heteroatoms. The smallest absolute Gasteiger partial charge is 0.216 e. The van der Waals surface area contributed by atoms with Crippen molar-refractivity contribution in [3.05, 3.63) is 82.4 Å². The number of aryl methyl sites for hydroxylation is 1. The summed E-state index contributed by atoms with van der Waals surface area (Å²) in [6.07, 6.45) is 5.94. The summed E-state index contributed by atoms with van der Waals surface area (Å²) < 4.78 is 12.6. The molecule has 1 aliphatic carbocycles. The number of hydrogen-bond donors (Lipinski definition) is 1. The molecule has 1 saturated carbocycles. The van der Waals surface area contributed by atoms with Crippen LogP contribution in [0.4, 0.5) is 0 Å². The number of benzene rings is 3. The van der Waals surface area contributed by atoms with Gasteiger partial charge in [-0.2, -0.15) is 0 Å². The van der Waals surface area contributed by atoms with Crippen molar-refractivity contribution in [3.63, 3.8) is 0 Å². The summed E-state index contributed by atoms with van der Waals surface area (Å²) in [6, 6.07) is 20.6. The van der Waals surface area contributed by atoms with E-state index >= 15 is 0 Å². The van der Waals surface area contributed by atoms with Crippen molar-refractivity contribution < 1.29 is 14.3 Å². The second kappa shape index (κ2) is 13.2. The van der Waals surface area contributed by atoms with Gasteiger partial charge in [0, 0.05) is 18.5 Å². The normalized spacial score (nSPS) is 17.4. The Labute approximate surface area is 227 Å². The molecule has 2 radical (unpaired) electrons. The summed E-state index contributed by atoms with van der Waals surface area (Å²) in [6.45, 7) is 4.83. The van der Waals surface area contributed by atoms with Crippen LogP contribution < -0.4 is 15.5 Å². The molecule has 37 heavy (non-hydrogen) atoms. The van der Waals surface area contributed by atoms with Gasteiger partial charge >= 0.3 is 0 Å². The molecule has 1 fully saturated rings. The van der Waals surface area contributed by atoms with Gasteiger partial charge in [0.1, 0.15) is 13.6 Å². The van der Waals surface area contributed by atoms with E-state index in [0.717, 1.165) is 55.4 Å². The molecule has 0 saturated heterocycles. The number of carbonyl (C=O) groups excluding carboxylic acids is 1. The molecule has 0 unspecified atom stereocenters. The largest absolute Gasteiger partial charge is 0.490 e. The molecule has 1 N–H and O–H groups in total. The topological polar surface area (TPSA) is 47.6 Å². The Kier molecular flexibility index (Phi) is 9.71. The lowest BCUT2D eigenvalue weighted by Gasteiger charge is -2.29. The van der Waals surface area contributed by atoms with Gasteiger partial charge in [-0.05, 0) is 84.5 Å². The Morgan fingerprint density at radius 3 is 2.49 bits per heavy atom. The van der Waals surface area contributed by atoms with Crippen LogP contribution in [0.5, 0.6) is 5.75 Å². The van der Waals surface area contributed by atoms with Gasteiger partial charge in [0.05, 0.1) is 18.8 Å². The van der Waals surface area contributed by atoms with Crippen molar-refractivity contribution in [1.82, 2.24) is 5.32 Å². The number of hydrogen-bond acceptors (Lipinski definition) is 3. The third-order valence-electron chi connectivity index (χ3n) is 7.00. The van der Waals surface area contributed by atoms with Crippen LogP contribution >= 0.6 is 11.6 Å². The maximum atomic E-state index is 11.4. The number of halogens is 1. The predicted molar refractivity (Wildman–Crippen MR) is 152 cm³/mol. The van der Waals surface area contributed by atoms with E-state index in [2.05, 4.69) is 54.7 Å². The molecular weight excluding hydrogens is 481 g/mol. The Hall–Kier alpha value is -2.76. The maximum absolute atomic E-state index is 11.4. The Morgan fingerprint density at radius 2 is 1.76 bits per heavy atom. The van der Waals surface area contributed by atoms with E-state index in [1.165, 1.54) is 16.7 Å². The van der Waals surface area contributed by atoms with Crippen molar-refractivity contribution >= 4 is 30.8 Å². The quantitative estimate of drug-likeness (QED) is 0.340. The average molecular weight is 516 g/mol. The van der Waals surface area contributed by atoms with Crippen molar-refractivity contribution in [2.24, 2.45) is 0 Å². The first-order valence-electron chi connectivity index (χ1n) is 13.2. The first-order chi connectivity index (χ1) is 17.9. The van der Waals surface area contributed by atoms with Crippen LogP contribution in [0.2, 0.25) is 5.02 Å².